The van der Waals surface area contributed by atoms with Crippen LogP contribution in [-0.4, -0.2) is 49.7 Å². The van der Waals surface area contributed by atoms with Gasteiger partial charge in [-0.2, -0.15) is 0 Å². The molecule has 3 aromatic carbocycles. The zero-order chi connectivity index (χ0) is 25.3. The molecule has 0 aromatic heterocycles. The number of hydrogen-bond donors (Lipinski definition) is 3. The third kappa shape index (κ3) is 6.44. The number of para-hydroxylation sites is 1. The number of nitrogens with two attached hydrogens (primary N) is 1. The highest BCUT2D eigenvalue weighted by Crippen LogP contribution is 2.34. The van der Waals surface area contributed by atoms with Crippen molar-refractivity contribution in [2.45, 2.75) is 30.1 Å². The summed E-state index contributed by atoms with van der Waals surface area (Å²) in [6.07, 6.45) is 1.28. The van der Waals surface area contributed by atoms with Crippen LogP contribution in [0.4, 0.5) is 5.69 Å². The van der Waals surface area contributed by atoms with E-state index in [1.54, 1.807) is 16.7 Å². The lowest BCUT2D eigenvalue weighted by molar-refractivity contribution is -0.123. The van der Waals surface area contributed by atoms with Gasteiger partial charge in [-0.1, -0.05) is 54.6 Å². The van der Waals surface area contributed by atoms with Crippen molar-refractivity contribution in [3.05, 3.63) is 72.3 Å². The highest BCUT2D eigenvalue weighted by Gasteiger charge is 2.24. The van der Waals surface area contributed by atoms with Crippen LogP contribution in [0.5, 0.6) is 0 Å². The van der Waals surface area contributed by atoms with Gasteiger partial charge in [0.2, 0.25) is 17.7 Å². The fraction of sp³-hybridized carbons (Fsp3) is 0.321. The van der Waals surface area contributed by atoms with Crippen molar-refractivity contribution in [2.75, 3.05) is 36.8 Å². The van der Waals surface area contributed by atoms with E-state index < -0.39 is 5.92 Å². The normalized spacial score (nSPS) is 14.1. The minimum Gasteiger partial charge on any atom is -0.355 e. The van der Waals surface area contributed by atoms with Gasteiger partial charge in [-0.3, -0.25) is 14.4 Å². The summed E-state index contributed by atoms with van der Waals surface area (Å²) in [5.41, 5.74) is 7.26. The summed E-state index contributed by atoms with van der Waals surface area (Å²) in [6.45, 7) is 1.45. The topological polar surface area (TPSA) is 105 Å². The number of fused-ring (bicyclic) bond motifs is 2. The molecule has 0 radical (unpaired) electrons. The van der Waals surface area contributed by atoms with E-state index in [4.69, 9.17) is 5.73 Å². The van der Waals surface area contributed by atoms with Crippen molar-refractivity contribution in [3.8, 4) is 0 Å². The van der Waals surface area contributed by atoms with Gasteiger partial charge in [-0.25, -0.2) is 0 Å². The summed E-state index contributed by atoms with van der Waals surface area (Å²) >= 11 is 1.66. The third-order valence-corrected chi connectivity index (χ3v) is 7.33. The van der Waals surface area contributed by atoms with Crippen molar-refractivity contribution < 1.29 is 14.4 Å². The first kappa shape index (κ1) is 25.7. The number of carbonyl (C=O) groups is 3. The fourth-order valence-electron chi connectivity index (χ4n) is 4.31. The molecule has 0 saturated carbocycles. The van der Waals surface area contributed by atoms with Crippen LogP contribution in [0.1, 0.15) is 30.7 Å². The first-order valence-corrected chi connectivity index (χ1v) is 13.3. The quantitative estimate of drug-likeness (QED) is 0.367. The van der Waals surface area contributed by atoms with E-state index in [0.717, 1.165) is 32.7 Å². The molecule has 1 heterocycles. The van der Waals surface area contributed by atoms with Gasteiger partial charge < -0.3 is 21.3 Å². The summed E-state index contributed by atoms with van der Waals surface area (Å²) in [7, 11) is 0. The molecule has 0 saturated heterocycles. The van der Waals surface area contributed by atoms with Gasteiger partial charge in [-0.05, 0) is 41.4 Å². The van der Waals surface area contributed by atoms with E-state index in [1.165, 1.54) is 0 Å². The summed E-state index contributed by atoms with van der Waals surface area (Å²) in [5.74, 6) is -0.127. The van der Waals surface area contributed by atoms with Gasteiger partial charge in [-0.15, -0.1) is 11.8 Å². The van der Waals surface area contributed by atoms with Crippen molar-refractivity contribution >= 4 is 45.9 Å². The molecule has 4 N–H and O–H groups in total. The maximum Gasteiger partial charge on any atom is 0.229 e. The Hall–Kier alpha value is -3.36. The molecular formula is C28H32N4O3S. The number of hydrogen-bond acceptors (Lipinski definition) is 5. The molecule has 0 bridgehead atoms. The van der Waals surface area contributed by atoms with Gasteiger partial charge in [0.1, 0.15) is 0 Å². The molecule has 0 spiro atoms. The predicted octanol–water partition coefficient (Wildman–Crippen LogP) is 3.42. The van der Waals surface area contributed by atoms with Crippen LogP contribution >= 0.6 is 11.8 Å². The largest absolute Gasteiger partial charge is 0.355 e. The maximum atomic E-state index is 13.0. The van der Waals surface area contributed by atoms with Crippen LogP contribution in [0.25, 0.3) is 10.8 Å². The summed E-state index contributed by atoms with van der Waals surface area (Å²) < 4.78 is 0. The average molecular weight is 505 g/mol. The zero-order valence-electron chi connectivity index (χ0n) is 20.2. The molecule has 1 aliphatic heterocycles. The third-order valence-electron chi connectivity index (χ3n) is 6.27. The second-order valence-electron chi connectivity index (χ2n) is 8.76. The molecule has 1 atom stereocenters. The van der Waals surface area contributed by atoms with Crippen LogP contribution in [0.3, 0.4) is 0 Å². The van der Waals surface area contributed by atoms with Gasteiger partial charge >= 0.3 is 0 Å². The van der Waals surface area contributed by atoms with E-state index in [9.17, 15) is 14.4 Å². The Bertz CT molecular complexity index is 1230. The Morgan fingerprint density at radius 3 is 2.61 bits per heavy atom. The van der Waals surface area contributed by atoms with Crippen LogP contribution in [0.2, 0.25) is 0 Å². The number of benzene rings is 3. The van der Waals surface area contributed by atoms with Crippen LogP contribution < -0.4 is 21.3 Å². The van der Waals surface area contributed by atoms with Gasteiger partial charge in [0.15, 0.2) is 0 Å². The highest BCUT2D eigenvalue weighted by atomic mass is 32.2. The number of nitrogens with zero attached hydrogens (tertiary/aromatic N) is 1. The second-order valence-corrected chi connectivity index (χ2v) is 9.89. The van der Waals surface area contributed by atoms with E-state index in [1.807, 2.05) is 66.7 Å². The van der Waals surface area contributed by atoms with E-state index in [2.05, 4.69) is 10.6 Å². The molecule has 8 heteroatoms. The van der Waals surface area contributed by atoms with Gasteiger partial charge in [0, 0.05) is 43.1 Å². The minimum absolute atomic E-state index is 0.0218. The first-order chi connectivity index (χ1) is 17.6. The Balaban J connectivity index is 1.42. The average Bonchev–Trinajstić information content (AvgIpc) is 3.05. The van der Waals surface area contributed by atoms with E-state index >= 15 is 0 Å². The number of carbonyl (C=O) groups excluding carboxylic acids is 3. The summed E-state index contributed by atoms with van der Waals surface area (Å²) in [5, 5.41) is 7.99. The molecule has 0 fully saturated rings. The molecule has 0 aliphatic carbocycles. The number of anilines is 1. The number of amides is 3. The SMILES string of the molecule is NCCCNC(=O)[C@@H](CNC(=O)CCN1C(=O)CCSc2ccccc21)c1ccc2ccccc2c1. The van der Waals surface area contributed by atoms with Crippen molar-refractivity contribution in [3.63, 3.8) is 0 Å². The number of rotatable bonds is 10. The molecule has 188 valence electrons. The summed E-state index contributed by atoms with van der Waals surface area (Å²) in [4.78, 5) is 41.3. The van der Waals surface area contributed by atoms with E-state index in [0.29, 0.717) is 32.5 Å². The van der Waals surface area contributed by atoms with Crippen LogP contribution in [0.15, 0.2) is 71.6 Å². The molecule has 3 aromatic rings. The first-order valence-electron chi connectivity index (χ1n) is 12.3. The number of thioether (sulfide) groups is 1. The molecule has 36 heavy (non-hydrogen) atoms. The second kappa shape index (κ2) is 12.6. The molecular weight excluding hydrogens is 472 g/mol. The Morgan fingerprint density at radius 2 is 1.78 bits per heavy atom. The minimum atomic E-state index is -0.534. The Kier molecular flexibility index (Phi) is 8.97. The lowest BCUT2D eigenvalue weighted by Gasteiger charge is -2.23. The molecule has 1 aliphatic rings. The van der Waals surface area contributed by atoms with Crippen molar-refractivity contribution in [1.82, 2.24) is 10.6 Å². The fourth-order valence-corrected chi connectivity index (χ4v) is 5.30. The number of nitrogens with one attached hydrogen (secondary N) is 2. The van der Waals surface area contributed by atoms with Crippen molar-refractivity contribution in [1.29, 1.82) is 0 Å². The Labute approximate surface area is 215 Å². The molecule has 0 unspecified atom stereocenters. The smallest absolute Gasteiger partial charge is 0.229 e. The Morgan fingerprint density at radius 1 is 1.00 bits per heavy atom. The maximum absolute atomic E-state index is 13.0. The summed E-state index contributed by atoms with van der Waals surface area (Å²) in [6, 6.07) is 21.7. The highest BCUT2D eigenvalue weighted by molar-refractivity contribution is 7.99. The monoisotopic (exact) mass is 504 g/mol. The molecule has 7 nitrogen and oxygen atoms in total. The van der Waals surface area contributed by atoms with Gasteiger partial charge in [0.05, 0.1) is 11.6 Å². The lowest BCUT2D eigenvalue weighted by Crippen LogP contribution is -2.39. The predicted molar refractivity (Wildman–Crippen MR) is 145 cm³/mol. The van der Waals surface area contributed by atoms with E-state index in [-0.39, 0.29) is 30.7 Å². The molecule has 3 amide bonds. The van der Waals surface area contributed by atoms with Crippen molar-refractivity contribution in [2.24, 2.45) is 5.73 Å². The van der Waals surface area contributed by atoms with Gasteiger partial charge in [0.25, 0.3) is 0 Å². The lowest BCUT2D eigenvalue weighted by atomic mass is 9.95. The zero-order valence-corrected chi connectivity index (χ0v) is 21.1. The van der Waals surface area contributed by atoms with Crippen LogP contribution in [0, 0.1) is 0 Å². The molecule has 4 rings (SSSR count). The standard InChI is InChI=1S/C28H32N4O3S/c29-14-5-15-30-28(35)23(22-11-10-20-6-1-2-7-21(20)18-22)19-31-26(33)12-16-32-24-8-3-4-9-25(24)36-17-13-27(32)34/h1-4,6-11,18,23H,5,12-17,19,29H2,(H,30,35)(H,31,33)/t23-/m0/s1. The van der Waals surface area contributed by atoms with Crippen LogP contribution in [-0.2, 0) is 14.4 Å².